The van der Waals surface area contributed by atoms with Crippen LogP contribution in [0.25, 0.3) is 12.2 Å². The molecule has 0 aromatic heterocycles. The van der Waals surface area contributed by atoms with Crippen molar-refractivity contribution in [2.24, 2.45) is 0 Å². The maximum atomic E-state index is 13.5. The van der Waals surface area contributed by atoms with Crippen molar-refractivity contribution < 1.29 is 39.9 Å². The number of aromatic hydroxyl groups is 5. The summed E-state index contributed by atoms with van der Waals surface area (Å²) in [7, 11) is 3.29. The van der Waals surface area contributed by atoms with Crippen molar-refractivity contribution in [2.45, 2.75) is 32.8 Å². The molecule has 9 nitrogen and oxygen atoms in total. The van der Waals surface area contributed by atoms with Gasteiger partial charge in [-0.3, -0.25) is 9.59 Å². The number of hydrogen-bond donors (Lipinski definition) is 5. The summed E-state index contributed by atoms with van der Waals surface area (Å²) in [5, 5.41) is 55.2. The van der Waals surface area contributed by atoms with Gasteiger partial charge in [0.2, 0.25) is 0 Å². The van der Waals surface area contributed by atoms with E-state index in [2.05, 4.69) is 0 Å². The summed E-state index contributed by atoms with van der Waals surface area (Å²) in [6.07, 6.45) is 5.63. The maximum Gasteiger partial charge on any atom is 0.193 e. The quantitative estimate of drug-likeness (QED) is 0.191. The Bertz CT molecular complexity index is 1600. The predicted octanol–water partition coefficient (Wildman–Crippen LogP) is 4.94. The second-order valence-corrected chi connectivity index (χ2v) is 10.8. The van der Waals surface area contributed by atoms with Gasteiger partial charge in [-0.15, -0.1) is 0 Å². The minimum absolute atomic E-state index is 0.0175. The molecule has 0 atom stereocenters. The highest BCUT2D eigenvalue weighted by Crippen LogP contribution is 2.50. The van der Waals surface area contributed by atoms with E-state index in [1.807, 2.05) is 18.2 Å². The van der Waals surface area contributed by atoms with E-state index in [0.29, 0.717) is 0 Å². The third-order valence-electron chi connectivity index (χ3n) is 6.87. The highest BCUT2D eigenvalue weighted by atomic mass is 16.5. The van der Waals surface area contributed by atoms with Crippen LogP contribution in [-0.2, 0) is 6.42 Å². The Hall–Kier alpha value is -4.76. The first-order chi connectivity index (χ1) is 19.2. The number of ketones is 2. The molecule has 3 aromatic rings. The average molecular weight is 560 g/mol. The number of phenolic OH excluding ortho intramolecular Hbond substituents is 5. The van der Waals surface area contributed by atoms with Gasteiger partial charge in [0.15, 0.2) is 11.6 Å². The minimum atomic E-state index is -0.849. The van der Waals surface area contributed by atoms with Crippen LogP contribution in [0.15, 0.2) is 42.5 Å². The number of hydrogen-bond acceptors (Lipinski definition) is 9. The molecule has 0 saturated heterocycles. The lowest BCUT2D eigenvalue weighted by atomic mass is 9.89. The number of nitrogens with zero attached hydrogens (tertiary/aromatic N) is 1. The van der Waals surface area contributed by atoms with E-state index in [4.69, 9.17) is 4.74 Å². The van der Waals surface area contributed by atoms with Crippen LogP contribution in [0, 0.1) is 6.92 Å². The molecule has 0 radical (unpaired) electrons. The zero-order valence-corrected chi connectivity index (χ0v) is 23.5. The summed E-state index contributed by atoms with van der Waals surface area (Å²) < 4.78 is 6.02. The summed E-state index contributed by atoms with van der Waals surface area (Å²) in [5.41, 5.74) is -1.04. The molecule has 41 heavy (non-hydrogen) atoms. The predicted molar refractivity (Wildman–Crippen MR) is 155 cm³/mol. The Balaban J connectivity index is 1.91. The van der Waals surface area contributed by atoms with Gasteiger partial charge in [-0.25, -0.2) is 0 Å². The van der Waals surface area contributed by atoms with Crippen molar-refractivity contribution in [1.29, 1.82) is 0 Å². The molecular weight excluding hydrogens is 526 g/mol. The second-order valence-electron chi connectivity index (χ2n) is 10.8. The zero-order valence-electron chi connectivity index (χ0n) is 23.5. The first kappa shape index (κ1) is 29.2. The SMILES string of the molecule is Cc1c(O)c(Cc2c(O)c3c(c(C(=O)/C=C/c4ccccc4)c2O)OC(C)(C)C=C3)c(O)c(C(=O)CN(C)C)c1O. The molecule has 0 spiro atoms. The lowest BCUT2D eigenvalue weighted by Crippen LogP contribution is -2.28. The largest absolute Gasteiger partial charge is 0.507 e. The van der Waals surface area contributed by atoms with Gasteiger partial charge in [0.25, 0.3) is 0 Å². The fourth-order valence-corrected chi connectivity index (χ4v) is 4.71. The van der Waals surface area contributed by atoms with Crippen LogP contribution >= 0.6 is 0 Å². The van der Waals surface area contributed by atoms with Gasteiger partial charge in [0.1, 0.15) is 51.2 Å². The third kappa shape index (κ3) is 5.62. The monoisotopic (exact) mass is 559 g/mol. The van der Waals surface area contributed by atoms with Gasteiger partial charge in [-0.1, -0.05) is 36.4 Å². The van der Waals surface area contributed by atoms with E-state index >= 15 is 0 Å². The van der Waals surface area contributed by atoms with Gasteiger partial charge >= 0.3 is 0 Å². The summed E-state index contributed by atoms with van der Waals surface area (Å²) in [6, 6.07) is 9.07. The fourth-order valence-electron chi connectivity index (χ4n) is 4.71. The van der Waals surface area contributed by atoms with Crippen LogP contribution in [0.2, 0.25) is 0 Å². The van der Waals surface area contributed by atoms with Crippen LogP contribution in [-0.4, -0.2) is 68.2 Å². The third-order valence-corrected chi connectivity index (χ3v) is 6.87. The molecule has 5 N–H and O–H groups in total. The van der Waals surface area contributed by atoms with Crippen LogP contribution in [0.1, 0.15) is 62.4 Å². The number of rotatable bonds is 8. The van der Waals surface area contributed by atoms with Crippen LogP contribution < -0.4 is 4.74 Å². The number of fused-ring (bicyclic) bond motifs is 1. The lowest BCUT2D eigenvalue weighted by molar-refractivity contribution is 0.0951. The van der Waals surface area contributed by atoms with Crippen molar-refractivity contribution in [1.82, 2.24) is 4.90 Å². The first-order valence-corrected chi connectivity index (χ1v) is 12.9. The molecule has 0 saturated carbocycles. The molecule has 0 aliphatic carbocycles. The molecule has 9 heteroatoms. The Labute approximate surface area is 237 Å². The molecule has 214 valence electrons. The number of carbonyl (C=O) groups excluding carboxylic acids is 2. The van der Waals surface area contributed by atoms with Crippen LogP contribution in [0.4, 0.5) is 0 Å². The fraction of sp³-hybridized carbons (Fsp3) is 0.250. The zero-order chi connectivity index (χ0) is 30.2. The number of carbonyl (C=O) groups is 2. The van der Waals surface area contributed by atoms with Gasteiger partial charge in [-0.05, 0) is 58.7 Å². The van der Waals surface area contributed by atoms with Gasteiger partial charge in [0, 0.05) is 23.1 Å². The van der Waals surface area contributed by atoms with E-state index in [9.17, 15) is 35.1 Å². The summed E-state index contributed by atoms with van der Waals surface area (Å²) >= 11 is 0. The molecule has 0 unspecified atom stereocenters. The standard InChI is InChI=1S/C32H33NO8/c1-17-26(36)20(29(39)24(27(17)37)23(35)16-33(4)5)15-21-28(38)19-13-14-32(2,3)41-31(19)25(30(21)40)22(34)12-11-18-9-7-6-8-10-18/h6-14,36-40H,15-16H2,1-5H3/b12-11+. The van der Waals surface area contributed by atoms with E-state index in [0.717, 1.165) is 5.56 Å². The molecule has 0 fully saturated rings. The normalized spacial score (nSPS) is 13.8. The smallest absolute Gasteiger partial charge is 0.193 e. The summed E-state index contributed by atoms with van der Waals surface area (Å²) in [6.45, 7) is 4.74. The van der Waals surface area contributed by atoms with Gasteiger partial charge in [0.05, 0.1) is 12.1 Å². The number of allylic oxidation sites excluding steroid dienone is 1. The van der Waals surface area contributed by atoms with E-state index in [1.165, 1.54) is 13.0 Å². The van der Waals surface area contributed by atoms with Crippen molar-refractivity contribution >= 4 is 23.7 Å². The van der Waals surface area contributed by atoms with Crippen molar-refractivity contribution in [3.8, 4) is 34.5 Å². The van der Waals surface area contributed by atoms with Crippen molar-refractivity contribution in [3.63, 3.8) is 0 Å². The Morgan fingerprint density at radius 2 is 1.49 bits per heavy atom. The van der Waals surface area contributed by atoms with Crippen LogP contribution in [0.5, 0.6) is 34.5 Å². The molecular formula is C32H33NO8. The summed E-state index contributed by atoms with van der Waals surface area (Å²) in [4.78, 5) is 27.9. The number of ether oxygens (including phenoxy) is 1. The van der Waals surface area contributed by atoms with E-state index in [-0.39, 0.29) is 40.1 Å². The topological polar surface area (TPSA) is 148 Å². The average Bonchev–Trinajstić information content (AvgIpc) is 2.90. The highest BCUT2D eigenvalue weighted by Gasteiger charge is 2.34. The lowest BCUT2D eigenvalue weighted by Gasteiger charge is -2.30. The molecule has 1 aliphatic rings. The van der Waals surface area contributed by atoms with Crippen LogP contribution in [0.3, 0.4) is 0 Å². The van der Waals surface area contributed by atoms with Gasteiger partial charge in [-0.2, -0.15) is 0 Å². The number of benzene rings is 3. The number of likely N-dealkylation sites (N-methyl/N-ethyl adjacent to an activating group) is 1. The van der Waals surface area contributed by atoms with E-state index < -0.39 is 57.9 Å². The van der Waals surface area contributed by atoms with Gasteiger partial charge < -0.3 is 35.2 Å². The Morgan fingerprint density at radius 1 is 0.878 bits per heavy atom. The van der Waals surface area contributed by atoms with Crippen molar-refractivity contribution in [2.75, 3.05) is 20.6 Å². The molecule has 1 aliphatic heterocycles. The molecule has 3 aromatic carbocycles. The number of phenols is 5. The summed E-state index contributed by atoms with van der Waals surface area (Å²) in [5.74, 6) is -4.06. The Kier molecular flexibility index (Phi) is 7.85. The maximum absolute atomic E-state index is 13.5. The molecule has 0 bridgehead atoms. The molecule has 4 rings (SSSR count). The molecule has 0 amide bonds. The Morgan fingerprint density at radius 3 is 2.12 bits per heavy atom. The van der Waals surface area contributed by atoms with E-state index in [1.54, 1.807) is 63.2 Å². The minimum Gasteiger partial charge on any atom is -0.507 e. The van der Waals surface area contributed by atoms with Crippen molar-refractivity contribution in [3.05, 3.63) is 81.4 Å². The number of Topliss-reactive ketones (excluding diaryl/α,β-unsaturated/α-hetero) is 1. The first-order valence-electron chi connectivity index (χ1n) is 12.9. The highest BCUT2D eigenvalue weighted by molar-refractivity contribution is 6.12. The molecule has 1 heterocycles. The second kappa shape index (κ2) is 11.0.